The van der Waals surface area contributed by atoms with Crippen LogP contribution in [0.4, 0.5) is 5.95 Å². The zero-order chi connectivity index (χ0) is 15.2. The molecule has 0 saturated carbocycles. The Morgan fingerprint density at radius 1 is 1.05 bits per heavy atom. The number of nitrogens with zero attached hydrogens (tertiary/aromatic N) is 4. The summed E-state index contributed by atoms with van der Waals surface area (Å²) in [6, 6.07) is 15.1. The molecule has 0 unspecified atom stereocenters. The Bertz CT molecular complexity index is 783. The fourth-order valence-electron chi connectivity index (χ4n) is 1.80. The molecule has 3 rings (SSSR count). The van der Waals surface area contributed by atoms with Gasteiger partial charge in [0, 0.05) is 0 Å². The zero-order valence-electron chi connectivity index (χ0n) is 11.5. The van der Waals surface area contributed by atoms with Gasteiger partial charge in [-0.15, -0.1) is 5.10 Å². The number of hydrogen-bond donors (Lipinski definition) is 2. The van der Waals surface area contributed by atoms with Crippen molar-refractivity contribution < 1.29 is 4.79 Å². The van der Waals surface area contributed by atoms with E-state index < -0.39 is 5.91 Å². The van der Waals surface area contributed by atoms with Crippen LogP contribution in [0.1, 0.15) is 21.7 Å². The molecular weight excluding hydrogens is 280 g/mol. The minimum atomic E-state index is -0.392. The second kappa shape index (κ2) is 6.40. The first kappa shape index (κ1) is 13.6. The number of carbonyl (C=O) groups is 1. The van der Waals surface area contributed by atoms with Crippen LogP contribution in [0.3, 0.4) is 0 Å². The molecule has 0 aliphatic carbocycles. The largest absolute Gasteiger partial charge is 0.286 e. The van der Waals surface area contributed by atoms with Crippen molar-refractivity contribution in [3.8, 4) is 0 Å². The average Bonchev–Trinajstić information content (AvgIpc) is 3.07. The van der Waals surface area contributed by atoms with Gasteiger partial charge in [-0.25, -0.2) is 4.98 Å². The van der Waals surface area contributed by atoms with Gasteiger partial charge in [-0.05, 0) is 29.0 Å². The molecular formula is C15H12N6O. The van der Waals surface area contributed by atoms with Crippen LogP contribution in [0.5, 0.6) is 0 Å². The highest BCUT2D eigenvalue weighted by Crippen LogP contribution is 2.08. The van der Waals surface area contributed by atoms with Crippen LogP contribution in [0.15, 0.2) is 48.5 Å². The van der Waals surface area contributed by atoms with Crippen molar-refractivity contribution in [2.45, 2.75) is 0 Å². The maximum absolute atomic E-state index is 12.0. The second-order valence-electron chi connectivity index (χ2n) is 4.38. The molecule has 7 nitrogen and oxygen atoms in total. The molecule has 1 aromatic carbocycles. The van der Waals surface area contributed by atoms with Gasteiger partial charge in [0.15, 0.2) is 0 Å². The molecule has 0 aliphatic heterocycles. The Morgan fingerprint density at radius 2 is 1.91 bits per heavy atom. The molecule has 2 aromatic heterocycles. The summed E-state index contributed by atoms with van der Waals surface area (Å²) in [5, 5.41) is 15.4. The van der Waals surface area contributed by atoms with Crippen LogP contribution in [-0.2, 0) is 0 Å². The molecule has 0 radical (unpaired) electrons. The maximum atomic E-state index is 12.0. The van der Waals surface area contributed by atoms with Gasteiger partial charge in [0.25, 0.3) is 11.9 Å². The van der Waals surface area contributed by atoms with E-state index in [2.05, 4.69) is 30.9 Å². The number of hydrogen-bond acceptors (Lipinski definition) is 5. The number of pyridine rings is 1. The highest BCUT2D eigenvalue weighted by Gasteiger charge is 2.09. The molecule has 0 atom stereocenters. The number of tetrazole rings is 1. The monoisotopic (exact) mass is 292 g/mol. The highest BCUT2D eigenvalue weighted by atomic mass is 16.2. The number of carbonyl (C=O) groups excluding carboxylic acids is 1. The minimum absolute atomic E-state index is 0.108. The van der Waals surface area contributed by atoms with Gasteiger partial charge < -0.3 is 0 Å². The fraction of sp³-hybridized carbons (Fsp3) is 0. The SMILES string of the molecule is O=C(Nc1nn[nH]n1)c1cccc(/C=C/c2ccccc2)n1. The zero-order valence-corrected chi connectivity index (χ0v) is 11.5. The molecule has 108 valence electrons. The van der Waals surface area contributed by atoms with Crippen molar-refractivity contribution in [1.82, 2.24) is 25.6 Å². The van der Waals surface area contributed by atoms with E-state index in [0.29, 0.717) is 5.69 Å². The van der Waals surface area contributed by atoms with Crippen molar-refractivity contribution >= 4 is 24.0 Å². The molecule has 0 aliphatic rings. The van der Waals surface area contributed by atoms with Gasteiger partial charge in [0.1, 0.15) is 5.69 Å². The number of aromatic nitrogens is 5. The first-order valence-corrected chi connectivity index (χ1v) is 6.56. The smallest absolute Gasteiger partial charge is 0.276 e. The van der Waals surface area contributed by atoms with E-state index in [1.165, 1.54) is 0 Å². The van der Waals surface area contributed by atoms with E-state index in [1.54, 1.807) is 12.1 Å². The third-order valence-electron chi connectivity index (χ3n) is 2.82. The van der Waals surface area contributed by atoms with Gasteiger partial charge >= 0.3 is 0 Å². The normalized spacial score (nSPS) is 10.7. The highest BCUT2D eigenvalue weighted by molar-refractivity contribution is 6.01. The molecule has 0 bridgehead atoms. The summed E-state index contributed by atoms with van der Waals surface area (Å²) < 4.78 is 0. The van der Waals surface area contributed by atoms with Crippen LogP contribution in [0.2, 0.25) is 0 Å². The van der Waals surface area contributed by atoms with E-state index in [0.717, 1.165) is 5.56 Å². The van der Waals surface area contributed by atoms with Gasteiger partial charge in [-0.1, -0.05) is 47.6 Å². The predicted molar refractivity (Wildman–Crippen MR) is 81.7 cm³/mol. The van der Waals surface area contributed by atoms with Gasteiger partial charge in [0.2, 0.25) is 0 Å². The number of amides is 1. The van der Waals surface area contributed by atoms with Crippen molar-refractivity contribution in [3.05, 3.63) is 65.5 Å². The van der Waals surface area contributed by atoms with E-state index in [4.69, 9.17) is 0 Å². The molecule has 22 heavy (non-hydrogen) atoms. The lowest BCUT2D eigenvalue weighted by Gasteiger charge is -2.01. The van der Waals surface area contributed by atoms with Crippen LogP contribution >= 0.6 is 0 Å². The predicted octanol–water partition coefficient (Wildman–Crippen LogP) is 2.02. The number of rotatable bonds is 4. The van der Waals surface area contributed by atoms with Crippen LogP contribution in [0.25, 0.3) is 12.2 Å². The molecule has 2 heterocycles. The Morgan fingerprint density at radius 3 is 2.68 bits per heavy atom. The summed E-state index contributed by atoms with van der Waals surface area (Å²) in [4.78, 5) is 16.3. The number of anilines is 1. The Balaban J connectivity index is 1.75. The lowest BCUT2D eigenvalue weighted by atomic mass is 10.2. The molecule has 2 N–H and O–H groups in total. The number of aromatic amines is 1. The Labute approximate surface area is 126 Å². The molecule has 1 amide bonds. The minimum Gasteiger partial charge on any atom is -0.286 e. The first-order chi connectivity index (χ1) is 10.8. The average molecular weight is 292 g/mol. The van der Waals surface area contributed by atoms with Crippen molar-refractivity contribution in [1.29, 1.82) is 0 Å². The van der Waals surface area contributed by atoms with Gasteiger partial charge in [-0.3, -0.25) is 10.1 Å². The van der Waals surface area contributed by atoms with E-state index in [-0.39, 0.29) is 11.6 Å². The van der Waals surface area contributed by atoms with Crippen LogP contribution < -0.4 is 5.32 Å². The van der Waals surface area contributed by atoms with Gasteiger partial charge in [-0.2, -0.15) is 5.21 Å². The maximum Gasteiger partial charge on any atom is 0.276 e. The lowest BCUT2D eigenvalue weighted by Crippen LogP contribution is -2.15. The van der Waals surface area contributed by atoms with Crippen LogP contribution in [-0.4, -0.2) is 31.5 Å². The molecule has 0 saturated heterocycles. The molecule has 7 heteroatoms. The van der Waals surface area contributed by atoms with Crippen molar-refractivity contribution in [2.24, 2.45) is 0 Å². The summed E-state index contributed by atoms with van der Waals surface area (Å²) >= 11 is 0. The lowest BCUT2D eigenvalue weighted by molar-refractivity contribution is 0.102. The fourth-order valence-corrected chi connectivity index (χ4v) is 1.80. The number of nitrogens with one attached hydrogen (secondary N) is 2. The van der Waals surface area contributed by atoms with Crippen LogP contribution in [0, 0.1) is 0 Å². The second-order valence-corrected chi connectivity index (χ2v) is 4.38. The Kier molecular flexibility index (Phi) is 3.96. The summed E-state index contributed by atoms with van der Waals surface area (Å²) in [7, 11) is 0. The van der Waals surface area contributed by atoms with Crippen molar-refractivity contribution in [3.63, 3.8) is 0 Å². The summed E-state index contributed by atoms with van der Waals surface area (Å²) in [6.45, 7) is 0. The summed E-state index contributed by atoms with van der Waals surface area (Å²) in [5.74, 6) is -0.284. The molecule has 0 fully saturated rings. The first-order valence-electron chi connectivity index (χ1n) is 6.56. The third kappa shape index (κ3) is 3.40. The summed E-state index contributed by atoms with van der Waals surface area (Å²) in [5.41, 5.74) is 2.02. The van der Waals surface area contributed by atoms with Gasteiger partial charge in [0.05, 0.1) is 5.69 Å². The number of H-pyrrole nitrogens is 1. The van der Waals surface area contributed by atoms with Crippen molar-refractivity contribution in [2.75, 3.05) is 5.32 Å². The van der Waals surface area contributed by atoms with E-state index in [1.807, 2.05) is 48.6 Å². The van der Waals surface area contributed by atoms with E-state index in [9.17, 15) is 4.79 Å². The molecule has 3 aromatic rings. The topological polar surface area (TPSA) is 96.5 Å². The number of benzene rings is 1. The molecule has 0 spiro atoms. The third-order valence-corrected chi connectivity index (χ3v) is 2.82. The standard InChI is InChI=1S/C15H12N6O/c22-14(17-15-18-20-21-19-15)13-8-4-7-12(16-13)10-9-11-5-2-1-3-6-11/h1-10H,(H2,17,18,19,20,21,22)/b10-9+. The van der Waals surface area contributed by atoms with E-state index >= 15 is 0 Å². The quantitative estimate of drug-likeness (QED) is 0.766. The Hall–Kier alpha value is -3.35. The summed E-state index contributed by atoms with van der Waals surface area (Å²) in [6.07, 6.45) is 3.78.